The molecule has 0 bridgehead atoms. The largest absolute Gasteiger partial charge is 0.497 e. The maximum Gasteiger partial charge on any atom is 0.224 e. The Morgan fingerprint density at radius 2 is 1.94 bits per heavy atom. The standard InChI is InChI=1S/C24H32N6O2/c1-15-19(20-13-18(32-4)9-10-21(20)26-15)14-23(31)27-16-5-7-17(8-6-16)28-24-25-12-11-22(29-24)30(2)3/h9-13,16-17,26H,5-8,14H2,1-4H3,(H,27,31)(H,25,28,29). The van der Waals surface area contributed by atoms with E-state index in [1.54, 1.807) is 13.3 Å². The number of carbonyl (C=O) groups excluding carboxylic acids is 1. The normalized spacial score (nSPS) is 18.4. The highest BCUT2D eigenvalue weighted by atomic mass is 16.5. The SMILES string of the molecule is COc1ccc2[nH]c(C)c(CC(=O)NC3CCC(Nc4nccc(N(C)C)n4)CC3)c2c1. The van der Waals surface area contributed by atoms with Crippen molar-refractivity contribution in [3.05, 3.63) is 41.7 Å². The van der Waals surface area contributed by atoms with Gasteiger partial charge in [0.1, 0.15) is 11.6 Å². The lowest BCUT2D eigenvalue weighted by atomic mass is 9.91. The molecule has 3 N–H and O–H groups in total. The van der Waals surface area contributed by atoms with Gasteiger partial charge in [-0.05, 0) is 62.4 Å². The molecule has 170 valence electrons. The fourth-order valence-corrected chi connectivity index (χ4v) is 4.39. The molecule has 0 aliphatic heterocycles. The molecule has 0 radical (unpaired) electrons. The molecular weight excluding hydrogens is 404 g/mol. The topological polar surface area (TPSA) is 95.2 Å². The maximum atomic E-state index is 12.8. The van der Waals surface area contributed by atoms with Crippen LogP contribution in [-0.4, -0.2) is 54.1 Å². The predicted octanol–water partition coefficient (Wildman–Crippen LogP) is 3.42. The van der Waals surface area contributed by atoms with Crippen molar-refractivity contribution in [2.45, 2.75) is 51.1 Å². The molecule has 0 unspecified atom stereocenters. The number of ether oxygens (including phenoxy) is 1. The molecule has 1 aromatic carbocycles. The monoisotopic (exact) mass is 436 g/mol. The highest BCUT2D eigenvalue weighted by Crippen LogP contribution is 2.27. The van der Waals surface area contributed by atoms with E-state index in [-0.39, 0.29) is 11.9 Å². The zero-order valence-corrected chi connectivity index (χ0v) is 19.2. The van der Waals surface area contributed by atoms with Crippen LogP contribution in [0.25, 0.3) is 10.9 Å². The molecule has 8 nitrogen and oxygen atoms in total. The lowest BCUT2D eigenvalue weighted by Crippen LogP contribution is -2.41. The molecule has 0 spiro atoms. The van der Waals surface area contributed by atoms with E-state index < -0.39 is 0 Å². The van der Waals surface area contributed by atoms with Gasteiger partial charge >= 0.3 is 0 Å². The van der Waals surface area contributed by atoms with Crippen LogP contribution in [0, 0.1) is 6.92 Å². The average Bonchev–Trinajstić information content (AvgIpc) is 3.09. The Morgan fingerprint density at radius 1 is 1.19 bits per heavy atom. The number of fused-ring (bicyclic) bond motifs is 1. The molecule has 32 heavy (non-hydrogen) atoms. The van der Waals surface area contributed by atoms with E-state index in [0.717, 1.165) is 59.4 Å². The van der Waals surface area contributed by atoms with Crippen LogP contribution >= 0.6 is 0 Å². The molecule has 2 heterocycles. The van der Waals surface area contributed by atoms with Crippen LogP contribution in [0.4, 0.5) is 11.8 Å². The summed E-state index contributed by atoms with van der Waals surface area (Å²) in [5.74, 6) is 2.40. The van der Waals surface area contributed by atoms with Crippen molar-refractivity contribution in [1.29, 1.82) is 0 Å². The minimum atomic E-state index is 0.0650. The zero-order valence-electron chi connectivity index (χ0n) is 19.2. The highest BCUT2D eigenvalue weighted by molar-refractivity contribution is 5.91. The number of rotatable bonds is 7. The molecule has 3 aromatic rings. The van der Waals surface area contributed by atoms with Crippen molar-refractivity contribution in [2.75, 3.05) is 31.4 Å². The van der Waals surface area contributed by atoms with Gasteiger partial charge in [-0.3, -0.25) is 4.79 Å². The Hall–Kier alpha value is -3.29. The lowest BCUT2D eigenvalue weighted by molar-refractivity contribution is -0.121. The van der Waals surface area contributed by atoms with Crippen molar-refractivity contribution in [3.63, 3.8) is 0 Å². The molecule has 1 saturated carbocycles. The van der Waals surface area contributed by atoms with Crippen LogP contribution in [0.2, 0.25) is 0 Å². The van der Waals surface area contributed by atoms with Crippen LogP contribution in [0.1, 0.15) is 36.9 Å². The Balaban J connectivity index is 1.31. The second-order valence-electron chi connectivity index (χ2n) is 8.71. The summed E-state index contributed by atoms with van der Waals surface area (Å²) in [5, 5.41) is 7.73. The minimum Gasteiger partial charge on any atom is -0.497 e. The molecule has 4 rings (SSSR count). The molecular formula is C24H32N6O2. The van der Waals surface area contributed by atoms with Crippen LogP contribution in [0.5, 0.6) is 5.75 Å². The molecule has 0 atom stereocenters. The number of amides is 1. The second kappa shape index (κ2) is 9.46. The van der Waals surface area contributed by atoms with Crippen molar-refractivity contribution in [1.82, 2.24) is 20.3 Å². The quantitative estimate of drug-likeness (QED) is 0.525. The van der Waals surface area contributed by atoms with E-state index in [1.165, 1.54) is 0 Å². The number of nitrogens with zero attached hydrogens (tertiary/aromatic N) is 3. The van der Waals surface area contributed by atoms with Crippen molar-refractivity contribution in [3.8, 4) is 5.75 Å². The number of nitrogens with one attached hydrogen (secondary N) is 3. The Labute approximate surface area is 188 Å². The van der Waals surface area contributed by atoms with E-state index in [1.807, 2.05) is 50.2 Å². The van der Waals surface area contributed by atoms with Gasteiger partial charge in [-0.15, -0.1) is 0 Å². The van der Waals surface area contributed by atoms with Gasteiger partial charge in [0.2, 0.25) is 11.9 Å². The van der Waals surface area contributed by atoms with Gasteiger partial charge in [0.25, 0.3) is 0 Å². The van der Waals surface area contributed by atoms with Crippen molar-refractivity contribution in [2.24, 2.45) is 0 Å². The van der Waals surface area contributed by atoms with Gasteiger partial charge in [-0.25, -0.2) is 4.98 Å². The van der Waals surface area contributed by atoms with Gasteiger partial charge in [-0.2, -0.15) is 4.98 Å². The van der Waals surface area contributed by atoms with Crippen LogP contribution in [-0.2, 0) is 11.2 Å². The summed E-state index contributed by atoms with van der Waals surface area (Å²) < 4.78 is 5.35. The van der Waals surface area contributed by atoms with E-state index in [0.29, 0.717) is 18.4 Å². The van der Waals surface area contributed by atoms with E-state index >= 15 is 0 Å². The summed E-state index contributed by atoms with van der Waals surface area (Å²) in [6.45, 7) is 2.01. The van der Waals surface area contributed by atoms with Crippen LogP contribution in [0.3, 0.4) is 0 Å². The average molecular weight is 437 g/mol. The summed E-state index contributed by atoms with van der Waals surface area (Å²) in [5.41, 5.74) is 3.08. The summed E-state index contributed by atoms with van der Waals surface area (Å²) >= 11 is 0. The number of H-pyrrole nitrogens is 1. The number of hydrogen-bond acceptors (Lipinski definition) is 6. The van der Waals surface area contributed by atoms with Crippen LogP contribution < -0.4 is 20.3 Å². The van der Waals surface area contributed by atoms with Crippen LogP contribution in [0.15, 0.2) is 30.5 Å². The zero-order chi connectivity index (χ0) is 22.7. The Bertz CT molecular complexity index is 1090. The molecule has 0 saturated heterocycles. The Kier molecular flexibility index (Phi) is 6.48. The van der Waals surface area contributed by atoms with Gasteiger partial charge in [0.15, 0.2) is 0 Å². The number of carbonyl (C=O) groups is 1. The van der Waals surface area contributed by atoms with Gasteiger partial charge in [0.05, 0.1) is 13.5 Å². The van der Waals surface area contributed by atoms with Gasteiger partial charge < -0.3 is 25.3 Å². The predicted molar refractivity (Wildman–Crippen MR) is 127 cm³/mol. The van der Waals surface area contributed by atoms with E-state index in [4.69, 9.17) is 4.74 Å². The maximum absolute atomic E-state index is 12.8. The number of aromatic amines is 1. The number of benzene rings is 1. The third kappa shape index (κ3) is 4.95. The van der Waals surface area contributed by atoms with E-state index in [2.05, 4.69) is 25.6 Å². The second-order valence-corrected chi connectivity index (χ2v) is 8.71. The first-order valence-corrected chi connectivity index (χ1v) is 11.1. The number of anilines is 2. The number of hydrogen-bond donors (Lipinski definition) is 3. The van der Waals surface area contributed by atoms with E-state index in [9.17, 15) is 4.79 Å². The molecule has 8 heteroatoms. The molecule has 1 fully saturated rings. The first-order chi connectivity index (χ1) is 15.4. The fourth-order valence-electron chi connectivity index (χ4n) is 4.39. The summed E-state index contributed by atoms with van der Waals surface area (Å²) in [6, 6.07) is 8.33. The first-order valence-electron chi connectivity index (χ1n) is 11.1. The van der Waals surface area contributed by atoms with Gasteiger partial charge in [0, 0.05) is 49.0 Å². The third-order valence-electron chi connectivity index (χ3n) is 6.19. The van der Waals surface area contributed by atoms with Crippen molar-refractivity contribution >= 4 is 28.6 Å². The lowest BCUT2D eigenvalue weighted by Gasteiger charge is -2.29. The molecule has 1 aliphatic rings. The molecule has 1 aliphatic carbocycles. The molecule has 1 amide bonds. The summed E-state index contributed by atoms with van der Waals surface area (Å²) in [7, 11) is 5.59. The smallest absolute Gasteiger partial charge is 0.224 e. The number of aryl methyl sites for hydroxylation is 1. The highest BCUT2D eigenvalue weighted by Gasteiger charge is 2.24. The van der Waals surface area contributed by atoms with Gasteiger partial charge in [-0.1, -0.05) is 0 Å². The number of aromatic nitrogens is 3. The summed E-state index contributed by atoms with van der Waals surface area (Å²) in [6.07, 6.45) is 5.98. The first kappa shape index (κ1) is 21.9. The third-order valence-corrected chi connectivity index (χ3v) is 6.19. The fraction of sp³-hybridized carbons (Fsp3) is 0.458. The van der Waals surface area contributed by atoms with Crippen molar-refractivity contribution < 1.29 is 9.53 Å². The Morgan fingerprint density at radius 3 is 2.66 bits per heavy atom. The summed E-state index contributed by atoms with van der Waals surface area (Å²) in [4.78, 5) is 27.0. The molecule has 2 aromatic heterocycles. The number of methoxy groups -OCH3 is 1. The minimum absolute atomic E-state index is 0.0650.